The maximum atomic E-state index is 4.19. The molecule has 0 unspecified atom stereocenters. The Balaban J connectivity index is 2.82. The highest BCUT2D eigenvalue weighted by Crippen LogP contribution is 2.35. The van der Waals surface area contributed by atoms with Crippen LogP contribution in [0.15, 0.2) is 0 Å². The van der Waals surface area contributed by atoms with Crippen LogP contribution in [0.2, 0.25) is 25.2 Å². The second kappa shape index (κ2) is 9.45. The normalized spacial score (nSPS) is 17.6. The van der Waals surface area contributed by atoms with Gasteiger partial charge in [-0.3, -0.25) is 0 Å². The van der Waals surface area contributed by atoms with Crippen LogP contribution in [0.3, 0.4) is 0 Å². The van der Waals surface area contributed by atoms with Crippen molar-refractivity contribution in [2.45, 2.75) is 90.4 Å². The molecule has 5 heteroatoms. The molecule has 0 aliphatic heterocycles. The molecule has 0 saturated heterocycles. The van der Waals surface area contributed by atoms with Gasteiger partial charge in [0.2, 0.25) is 0 Å². The third-order valence-corrected chi connectivity index (χ3v) is 12.4. The van der Waals surface area contributed by atoms with Crippen molar-refractivity contribution in [3.05, 3.63) is 0 Å². The lowest BCUT2D eigenvalue weighted by Crippen LogP contribution is -2.79. The summed E-state index contributed by atoms with van der Waals surface area (Å²) in [6.07, 6.45) is 10.8. The fourth-order valence-electron chi connectivity index (χ4n) is 3.42. The number of rotatable bonds is 11. The molecule has 0 radical (unpaired) electrons. The number of hydrogen-bond donors (Lipinski definition) is 3. The summed E-state index contributed by atoms with van der Waals surface area (Å²) >= 11 is 0. The van der Waals surface area contributed by atoms with Crippen molar-refractivity contribution in [1.29, 1.82) is 0 Å². The number of hydrogen-bond acceptors (Lipinski definition) is 3. The van der Waals surface area contributed by atoms with E-state index < -0.39 is 16.8 Å². The van der Waals surface area contributed by atoms with Gasteiger partial charge in [-0.15, -0.1) is 0 Å². The Morgan fingerprint density at radius 2 is 1.33 bits per heavy atom. The van der Waals surface area contributed by atoms with Crippen molar-refractivity contribution in [2.75, 3.05) is 13.1 Å². The van der Waals surface area contributed by atoms with Gasteiger partial charge >= 0.3 is 0 Å². The molecule has 3 nitrogen and oxygen atoms in total. The fourth-order valence-corrected chi connectivity index (χ4v) is 12.8. The van der Waals surface area contributed by atoms with Crippen LogP contribution in [0.5, 0.6) is 0 Å². The van der Waals surface area contributed by atoms with Crippen LogP contribution >= 0.6 is 0 Å². The van der Waals surface area contributed by atoms with E-state index >= 15 is 0 Å². The smallest absolute Gasteiger partial charge is 0.277 e. The topological polar surface area (TPSA) is 36.1 Å². The fraction of sp³-hybridized carbons (Fsp3) is 1.00. The van der Waals surface area contributed by atoms with Gasteiger partial charge in [-0.2, -0.15) is 0 Å². The van der Waals surface area contributed by atoms with Crippen molar-refractivity contribution in [2.24, 2.45) is 0 Å². The largest absolute Gasteiger partial charge is 0.335 e. The first-order chi connectivity index (χ1) is 9.93. The summed E-state index contributed by atoms with van der Waals surface area (Å²) in [6.45, 7) is 14.3. The molecule has 0 heterocycles. The average molecular weight is 330 g/mol. The molecule has 1 fully saturated rings. The van der Waals surface area contributed by atoms with Gasteiger partial charge < -0.3 is 14.6 Å². The summed E-state index contributed by atoms with van der Waals surface area (Å²) in [5, 5.41) is 0. The Bertz CT molecular complexity index is 263. The molecule has 1 rings (SSSR count). The van der Waals surface area contributed by atoms with Gasteiger partial charge in [-0.05, 0) is 44.3 Å². The monoisotopic (exact) mass is 329 g/mol. The summed E-state index contributed by atoms with van der Waals surface area (Å²) < 4.78 is 4.19. The summed E-state index contributed by atoms with van der Waals surface area (Å²) in [6, 6.07) is 0. The molecule has 21 heavy (non-hydrogen) atoms. The van der Waals surface area contributed by atoms with Crippen molar-refractivity contribution in [3.8, 4) is 0 Å². The van der Waals surface area contributed by atoms with E-state index in [9.17, 15) is 0 Å². The maximum absolute atomic E-state index is 4.19. The molecule has 0 aromatic carbocycles. The lowest BCUT2D eigenvalue weighted by Gasteiger charge is -2.43. The van der Waals surface area contributed by atoms with Crippen LogP contribution < -0.4 is 14.6 Å². The highest BCUT2D eigenvalue weighted by molar-refractivity contribution is 6.90. The molecule has 1 aliphatic carbocycles. The van der Waals surface area contributed by atoms with Crippen LogP contribution in [0, 0.1) is 0 Å². The van der Waals surface area contributed by atoms with E-state index in [1.807, 2.05) is 0 Å². The molecule has 0 aromatic rings. The van der Waals surface area contributed by atoms with Gasteiger partial charge in [0.15, 0.2) is 0 Å². The van der Waals surface area contributed by atoms with E-state index in [0.29, 0.717) is 0 Å². The van der Waals surface area contributed by atoms with Gasteiger partial charge in [-0.25, -0.2) is 0 Å². The van der Waals surface area contributed by atoms with Crippen LogP contribution in [-0.2, 0) is 0 Å². The summed E-state index contributed by atoms with van der Waals surface area (Å²) in [7, 11) is -3.05. The first-order valence-corrected chi connectivity index (χ1v) is 14.8. The van der Waals surface area contributed by atoms with E-state index in [1.165, 1.54) is 64.5 Å². The van der Waals surface area contributed by atoms with Gasteiger partial charge in [0.1, 0.15) is 8.24 Å². The maximum Gasteiger partial charge on any atom is 0.277 e. The predicted molar refractivity (Wildman–Crippen MR) is 100 cm³/mol. The standard InChI is InChI=1S/C16H39N3Si2/c1-6-8-14-17-21(18-15-9-7-2,19-20(3,4)5)16-12-10-11-13-16/h16-19H,6-15H2,1-5H3. The molecule has 1 saturated carbocycles. The minimum absolute atomic E-state index is 0.873. The Hall–Kier alpha value is 0.314. The van der Waals surface area contributed by atoms with Crippen LogP contribution in [0.1, 0.15) is 65.2 Å². The quantitative estimate of drug-likeness (QED) is 0.395. The van der Waals surface area contributed by atoms with Gasteiger partial charge in [-0.1, -0.05) is 59.2 Å². The van der Waals surface area contributed by atoms with Crippen molar-refractivity contribution >= 4 is 16.8 Å². The predicted octanol–water partition coefficient (Wildman–Crippen LogP) is 4.07. The highest BCUT2D eigenvalue weighted by Gasteiger charge is 2.45. The van der Waals surface area contributed by atoms with E-state index in [-0.39, 0.29) is 0 Å². The summed E-state index contributed by atoms with van der Waals surface area (Å²) in [5.74, 6) is 0. The molecule has 126 valence electrons. The Kier molecular flexibility index (Phi) is 8.71. The van der Waals surface area contributed by atoms with Crippen LogP contribution in [0.4, 0.5) is 0 Å². The minimum Gasteiger partial charge on any atom is -0.335 e. The summed E-state index contributed by atoms with van der Waals surface area (Å²) in [4.78, 5) is 8.09. The Morgan fingerprint density at radius 3 is 1.71 bits per heavy atom. The van der Waals surface area contributed by atoms with Gasteiger partial charge in [0, 0.05) is 0 Å². The third-order valence-electron chi connectivity index (χ3n) is 4.41. The average Bonchev–Trinajstić information content (AvgIpc) is 2.91. The third kappa shape index (κ3) is 6.95. The highest BCUT2D eigenvalue weighted by atomic mass is 28.4. The SMILES string of the molecule is CCCCN[Si](NCCCC)(N[Si](C)(C)C)C1CCCC1. The van der Waals surface area contributed by atoms with Crippen LogP contribution in [0.25, 0.3) is 0 Å². The number of unbranched alkanes of at least 4 members (excludes halogenated alkanes) is 2. The van der Waals surface area contributed by atoms with Gasteiger partial charge in [0.05, 0.1) is 0 Å². The Labute approximate surface area is 135 Å². The molecule has 1 aliphatic rings. The minimum atomic E-state index is -1.76. The lowest BCUT2D eigenvalue weighted by atomic mass is 10.3. The molecule has 0 aromatic heterocycles. The van der Waals surface area contributed by atoms with E-state index in [4.69, 9.17) is 0 Å². The summed E-state index contributed by atoms with van der Waals surface area (Å²) in [5.41, 5.74) is 0.873. The first kappa shape index (κ1) is 19.4. The molecule has 0 amide bonds. The zero-order valence-corrected chi connectivity index (χ0v) is 17.1. The van der Waals surface area contributed by atoms with Crippen LogP contribution in [-0.4, -0.2) is 29.9 Å². The zero-order valence-electron chi connectivity index (χ0n) is 15.1. The van der Waals surface area contributed by atoms with E-state index in [1.54, 1.807) is 0 Å². The lowest BCUT2D eigenvalue weighted by molar-refractivity contribution is 0.649. The Morgan fingerprint density at radius 1 is 0.857 bits per heavy atom. The van der Waals surface area contributed by atoms with Crippen molar-refractivity contribution in [1.82, 2.24) is 14.6 Å². The molecular formula is C16H39N3Si2. The molecule has 0 spiro atoms. The zero-order chi connectivity index (χ0) is 15.8. The second-order valence-corrected chi connectivity index (χ2v) is 16.4. The second-order valence-electron chi connectivity index (χ2n) is 7.73. The van der Waals surface area contributed by atoms with Crippen molar-refractivity contribution in [3.63, 3.8) is 0 Å². The number of nitrogens with one attached hydrogen (secondary N) is 3. The van der Waals surface area contributed by atoms with E-state index in [2.05, 4.69) is 48.1 Å². The van der Waals surface area contributed by atoms with E-state index in [0.717, 1.165) is 5.54 Å². The first-order valence-electron chi connectivity index (χ1n) is 9.23. The molecular weight excluding hydrogens is 290 g/mol. The molecule has 0 atom stereocenters. The molecule has 3 N–H and O–H groups in total. The van der Waals surface area contributed by atoms with Crippen molar-refractivity contribution < 1.29 is 0 Å². The van der Waals surface area contributed by atoms with Gasteiger partial charge in [0.25, 0.3) is 8.56 Å². The molecule has 0 bridgehead atoms.